The highest BCUT2D eigenvalue weighted by Crippen LogP contribution is 2.15. The van der Waals surface area contributed by atoms with Gasteiger partial charge in [-0.2, -0.15) is 0 Å². The smallest absolute Gasteiger partial charge is 0.165 e. The minimum absolute atomic E-state index is 0.0569. The number of ketones is 1. The quantitative estimate of drug-likeness (QED) is 0.663. The third kappa shape index (κ3) is 2.32. The lowest BCUT2D eigenvalue weighted by Gasteiger charge is -2.07. The first kappa shape index (κ1) is 10.7. The van der Waals surface area contributed by atoms with Crippen LogP contribution in [0.25, 0.3) is 6.08 Å². The van der Waals surface area contributed by atoms with Crippen molar-refractivity contribution in [1.29, 1.82) is 0 Å². The fraction of sp³-hybridized carbons (Fsp3) is 0.308. The van der Waals surface area contributed by atoms with E-state index in [0.29, 0.717) is 0 Å². The molecule has 0 saturated carbocycles. The van der Waals surface area contributed by atoms with Crippen LogP contribution in [0.5, 0.6) is 0 Å². The van der Waals surface area contributed by atoms with Gasteiger partial charge in [-0.3, -0.25) is 4.79 Å². The van der Waals surface area contributed by atoms with E-state index in [0.717, 1.165) is 11.1 Å². The Kier molecular flexibility index (Phi) is 3.63. The van der Waals surface area contributed by atoms with Crippen LogP contribution in [0.2, 0.25) is 0 Å². The van der Waals surface area contributed by atoms with E-state index in [2.05, 4.69) is 0 Å². The van der Waals surface area contributed by atoms with Gasteiger partial charge in [-0.05, 0) is 12.5 Å². The first-order valence-electron chi connectivity index (χ1n) is 4.92. The van der Waals surface area contributed by atoms with E-state index in [1.54, 1.807) is 0 Å². The SMILES string of the molecule is CC=Cc1ccccc1C(=O)C(C)C. The maximum atomic E-state index is 11.8. The zero-order valence-electron chi connectivity index (χ0n) is 8.95. The molecular weight excluding hydrogens is 172 g/mol. The predicted molar refractivity (Wildman–Crippen MR) is 60.3 cm³/mol. The van der Waals surface area contributed by atoms with Gasteiger partial charge < -0.3 is 0 Å². The van der Waals surface area contributed by atoms with E-state index in [1.807, 2.05) is 57.2 Å². The molecule has 0 amide bonds. The minimum atomic E-state index is 0.0569. The molecule has 14 heavy (non-hydrogen) atoms. The molecule has 0 saturated heterocycles. The van der Waals surface area contributed by atoms with Gasteiger partial charge in [0.1, 0.15) is 0 Å². The molecular formula is C13H16O. The highest BCUT2D eigenvalue weighted by atomic mass is 16.1. The summed E-state index contributed by atoms with van der Waals surface area (Å²) in [7, 11) is 0. The lowest BCUT2D eigenvalue weighted by molar-refractivity contribution is 0.0939. The molecule has 0 fully saturated rings. The minimum Gasteiger partial charge on any atom is -0.294 e. The van der Waals surface area contributed by atoms with E-state index >= 15 is 0 Å². The van der Waals surface area contributed by atoms with E-state index < -0.39 is 0 Å². The van der Waals surface area contributed by atoms with Crippen molar-refractivity contribution in [2.45, 2.75) is 20.8 Å². The number of hydrogen-bond acceptors (Lipinski definition) is 1. The Bertz CT molecular complexity index is 348. The van der Waals surface area contributed by atoms with E-state index in [9.17, 15) is 4.79 Å². The molecule has 0 atom stereocenters. The monoisotopic (exact) mass is 188 g/mol. The van der Waals surface area contributed by atoms with Gasteiger partial charge in [0.05, 0.1) is 0 Å². The Morgan fingerprint density at radius 2 is 1.93 bits per heavy atom. The average molecular weight is 188 g/mol. The lowest BCUT2D eigenvalue weighted by atomic mass is 9.96. The van der Waals surface area contributed by atoms with E-state index in [-0.39, 0.29) is 11.7 Å². The Morgan fingerprint density at radius 1 is 1.29 bits per heavy atom. The van der Waals surface area contributed by atoms with E-state index in [1.165, 1.54) is 0 Å². The van der Waals surface area contributed by atoms with Crippen molar-refractivity contribution in [3.05, 3.63) is 41.5 Å². The van der Waals surface area contributed by atoms with Gasteiger partial charge in [0, 0.05) is 11.5 Å². The summed E-state index contributed by atoms with van der Waals surface area (Å²) in [5.41, 5.74) is 1.83. The standard InChI is InChI=1S/C13H16O/c1-4-7-11-8-5-6-9-12(11)13(14)10(2)3/h4-10H,1-3H3. The predicted octanol–water partition coefficient (Wildman–Crippen LogP) is 3.56. The zero-order valence-corrected chi connectivity index (χ0v) is 8.95. The summed E-state index contributed by atoms with van der Waals surface area (Å²) in [6.07, 6.45) is 3.92. The van der Waals surface area contributed by atoms with Gasteiger partial charge in [0.25, 0.3) is 0 Å². The molecule has 1 aromatic rings. The molecule has 1 heteroatoms. The number of benzene rings is 1. The molecule has 0 heterocycles. The van der Waals surface area contributed by atoms with Crippen LogP contribution in [0.15, 0.2) is 30.3 Å². The highest BCUT2D eigenvalue weighted by Gasteiger charge is 2.12. The van der Waals surface area contributed by atoms with Crippen molar-refractivity contribution >= 4 is 11.9 Å². The number of hydrogen-bond donors (Lipinski definition) is 0. The first-order chi connectivity index (χ1) is 6.66. The highest BCUT2D eigenvalue weighted by molar-refractivity contribution is 6.00. The Hall–Kier alpha value is -1.37. The van der Waals surface area contributed by atoms with Gasteiger partial charge >= 0.3 is 0 Å². The maximum Gasteiger partial charge on any atom is 0.165 e. The summed E-state index contributed by atoms with van der Waals surface area (Å²) in [4.78, 5) is 11.8. The normalized spacial score (nSPS) is 11.1. The van der Waals surface area contributed by atoms with Crippen molar-refractivity contribution in [3.63, 3.8) is 0 Å². The van der Waals surface area contributed by atoms with Crippen LogP contribution in [0.4, 0.5) is 0 Å². The van der Waals surface area contributed by atoms with Crippen molar-refractivity contribution < 1.29 is 4.79 Å². The van der Waals surface area contributed by atoms with Crippen LogP contribution in [-0.2, 0) is 0 Å². The second-order valence-corrected chi connectivity index (χ2v) is 3.61. The number of carbonyl (C=O) groups is 1. The summed E-state index contributed by atoms with van der Waals surface area (Å²) in [6, 6.07) is 7.71. The van der Waals surface area contributed by atoms with Crippen LogP contribution >= 0.6 is 0 Å². The van der Waals surface area contributed by atoms with Crippen molar-refractivity contribution in [2.24, 2.45) is 5.92 Å². The molecule has 0 aromatic heterocycles. The molecule has 74 valence electrons. The number of rotatable bonds is 3. The second kappa shape index (κ2) is 4.75. The molecule has 0 spiro atoms. The largest absolute Gasteiger partial charge is 0.294 e. The number of allylic oxidation sites excluding steroid dienone is 1. The molecule has 1 rings (SSSR count). The van der Waals surface area contributed by atoms with Gasteiger partial charge in [-0.25, -0.2) is 0 Å². The van der Waals surface area contributed by atoms with Crippen molar-refractivity contribution in [1.82, 2.24) is 0 Å². The summed E-state index contributed by atoms with van der Waals surface area (Å²) < 4.78 is 0. The molecule has 0 bridgehead atoms. The summed E-state index contributed by atoms with van der Waals surface area (Å²) in [5, 5.41) is 0. The summed E-state index contributed by atoms with van der Waals surface area (Å²) >= 11 is 0. The zero-order chi connectivity index (χ0) is 10.6. The topological polar surface area (TPSA) is 17.1 Å². The number of Topliss-reactive ketones (excluding diaryl/α,β-unsaturated/α-hetero) is 1. The molecule has 0 aliphatic heterocycles. The molecule has 1 nitrogen and oxygen atoms in total. The number of carbonyl (C=O) groups excluding carboxylic acids is 1. The summed E-state index contributed by atoms with van der Waals surface area (Å²) in [6.45, 7) is 5.81. The van der Waals surface area contributed by atoms with Crippen molar-refractivity contribution in [2.75, 3.05) is 0 Å². The molecule has 0 N–H and O–H groups in total. The third-order valence-electron chi connectivity index (χ3n) is 2.10. The molecule has 0 radical (unpaired) electrons. The second-order valence-electron chi connectivity index (χ2n) is 3.61. The van der Waals surface area contributed by atoms with Gasteiger partial charge in [-0.15, -0.1) is 0 Å². The van der Waals surface area contributed by atoms with Crippen molar-refractivity contribution in [3.8, 4) is 0 Å². The molecule has 0 aliphatic rings. The fourth-order valence-corrected chi connectivity index (χ4v) is 1.36. The van der Waals surface area contributed by atoms with E-state index in [4.69, 9.17) is 0 Å². The Balaban J connectivity index is 3.13. The Morgan fingerprint density at radius 3 is 2.50 bits per heavy atom. The molecule has 1 aromatic carbocycles. The molecule has 0 unspecified atom stereocenters. The summed E-state index contributed by atoms with van der Waals surface area (Å²) in [5.74, 6) is 0.264. The van der Waals surface area contributed by atoms with Gasteiger partial charge in [-0.1, -0.05) is 50.3 Å². The van der Waals surface area contributed by atoms with Crippen LogP contribution in [0, 0.1) is 5.92 Å². The maximum absolute atomic E-state index is 11.8. The fourth-order valence-electron chi connectivity index (χ4n) is 1.36. The first-order valence-corrected chi connectivity index (χ1v) is 4.92. The average Bonchev–Trinajstić information content (AvgIpc) is 2.18. The van der Waals surface area contributed by atoms with Crippen LogP contribution in [0.3, 0.4) is 0 Å². The van der Waals surface area contributed by atoms with Crippen LogP contribution < -0.4 is 0 Å². The third-order valence-corrected chi connectivity index (χ3v) is 2.10. The van der Waals surface area contributed by atoms with Gasteiger partial charge in [0.2, 0.25) is 0 Å². The van der Waals surface area contributed by atoms with Crippen LogP contribution in [0.1, 0.15) is 36.7 Å². The Labute approximate surface area is 85.5 Å². The lowest BCUT2D eigenvalue weighted by Crippen LogP contribution is -2.08. The molecule has 0 aliphatic carbocycles. The van der Waals surface area contributed by atoms with Crippen LogP contribution in [-0.4, -0.2) is 5.78 Å². The van der Waals surface area contributed by atoms with Gasteiger partial charge in [0.15, 0.2) is 5.78 Å².